The molecule has 3 rings (SSSR count). The first kappa shape index (κ1) is 14.8. The Morgan fingerprint density at radius 2 is 2.10 bits per heavy atom. The first-order valence-electron chi connectivity index (χ1n) is 8.32. The standard InChI is InChI=1S/C18H26N2S/c1-3-14-6-4-5-7-17(14)20-18(21)19-12(2)16-11-13-8-9-15(16)10-13/h4-7,12-13,15-16H,3,8-11H2,1-2H3,(H2,19,20,21). The van der Waals surface area contributed by atoms with Crippen LogP contribution >= 0.6 is 12.2 Å². The number of benzene rings is 1. The Bertz CT molecular complexity index is 514. The lowest BCUT2D eigenvalue weighted by molar-refractivity contribution is 0.279. The van der Waals surface area contributed by atoms with Crippen LogP contribution in [-0.2, 0) is 6.42 Å². The van der Waals surface area contributed by atoms with Crippen LogP contribution in [-0.4, -0.2) is 11.2 Å². The molecule has 0 heterocycles. The van der Waals surface area contributed by atoms with Crippen LogP contribution < -0.4 is 10.6 Å². The third kappa shape index (κ3) is 3.23. The van der Waals surface area contributed by atoms with Gasteiger partial charge in [0.05, 0.1) is 0 Å². The maximum Gasteiger partial charge on any atom is 0.171 e. The van der Waals surface area contributed by atoms with Crippen molar-refractivity contribution < 1.29 is 0 Å². The molecule has 0 aromatic heterocycles. The number of fused-ring (bicyclic) bond motifs is 2. The fourth-order valence-electron chi connectivity index (χ4n) is 4.33. The number of thiocarbonyl (C=S) groups is 1. The van der Waals surface area contributed by atoms with E-state index in [-0.39, 0.29) is 0 Å². The van der Waals surface area contributed by atoms with E-state index in [0.717, 1.165) is 35.0 Å². The van der Waals surface area contributed by atoms with E-state index in [0.29, 0.717) is 6.04 Å². The predicted octanol–water partition coefficient (Wildman–Crippen LogP) is 4.36. The van der Waals surface area contributed by atoms with Crippen molar-refractivity contribution in [2.24, 2.45) is 17.8 Å². The molecule has 0 saturated heterocycles. The van der Waals surface area contributed by atoms with Gasteiger partial charge in [-0.1, -0.05) is 31.5 Å². The summed E-state index contributed by atoms with van der Waals surface area (Å²) in [5.41, 5.74) is 2.45. The van der Waals surface area contributed by atoms with Crippen LogP contribution in [0.5, 0.6) is 0 Å². The van der Waals surface area contributed by atoms with Crippen molar-refractivity contribution in [3.63, 3.8) is 0 Å². The van der Waals surface area contributed by atoms with Crippen LogP contribution in [0.1, 0.15) is 45.1 Å². The molecule has 2 N–H and O–H groups in total. The van der Waals surface area contributed by atoms with E-state index in [4.69, 9.17) is 12.2 Å². The van der Waals surface area contributed by atoms with E-state index in [2.05, 4.69) is 48.7 Å². The van der Waals surface area contributed by atoms with Gasteiger partial charge >= 0.3 is 0 Å². The number of hydrogen-bond acceptors (Lipinski definition) is 1. The fraction of sp³-hybridized carbons (Fsp3) is 0.611. The van der Waals surface area contributed by atoms with Gasteiger partial charge in [0.2, 0.25) is 0 Å². The normalized spacial score (nSPS) is 28.4. The number of anilines is 1. The molecule has 3 heteroatoms. The molecule has 114 valence electrons. The van der Waals surface area contributed by atoms with Gasteiger partial charge in [-0.2, -0.15) is 0 Å². The van der Waals surface area contributed by atoms with Gasteiger partial charge in [-0.25, -0.2) is 0 Å². The molecule has 0 aliphatic heterocycles. The monoisotopic (exact) mass is 302 g/mol. The molecule has 2 aliphatic rings. The van der Waals surface area contributed by atoms with Crippen molar-refractivity contribution in [3.05, 3.63) is 29.8 Å². The van der Waals surface area contributed by atoms with Crippen molar-refractivity contribution in [3.8, 4) is 0 Å². The van der Waals surface area contributed by atoms with Crippen molar-refractivity contribution in [1.29, 1.82) is 0 Å². The lowest BCUT2D eigenvalue weighted by Crippen LogP contribution is -2.42. The fourth-order valence-corrected chi connectivity index (χ4v) is 4.62. The first-order valence-corrected chi connectivity index (χ1v) is 8.73. The Hall–Kier alpha value is -1.09. The molecule has 2 fully saturated rings. The summed E-state index contributed by atoms with van der Waals surface area (Å²) in [5.74, 6) is 2.74. The predicted molar refractivity (Wildman–Crippen MR) is 93.6 cm³/mol. The van der Waals surface area contributed by atoms with E-state index in [1.807, 2.05) is 0 Å². The minimum Gasteiger partial charge on any atom is -0.360 e. The Labute approximate surface area is 133 Å². The number of para-hydroxylation sites is 1. The van der Waals surface area contributed by atoms with E-state index in [1.165, 1.54) is 31.2 Å². The molecule has 2 saturated carbocycles. The Morgan fingerprint density at radius 3 is 2.76 bits per heavy atom. The highest BCUT2D eigenvalue weighted by molar-refractivity contribution is 7.80. The number of aryl methyl sites for hydroxylation is 1. The van der Waals surface area contributed by atoms with Crippen molar-refractivity contribution in [2.45, 2.75) is 52.0 Å². The highest BCUT2D eigenvalue weighted by Gasteiger charge is 2.41. The average molecular weight is 302 g/mol. The topological polar surface area (TPSA) is 24.1 Å². The number of hydrogen-bond donors (Lipinski definition) is 2. The number of nitrogens with one attached hydrogen (secondary N) is 2. The first-order chi connectivity index (χ1) is 10.2. The number of rotatable bonds is 4. The largest absolute Gasteiger partial charge is 0.360 e. The Morgan fingerprint density at radius 1 is 1.29 bits per heavy atom. The zero-order valence-corrected chi connectivity index (χ0v) is 13.9. The lowest BCUT2D eigenvalue weighted by Gasteiger charge is -2.29. The van der Waals surface area contributed by atoms with Crippen LogP contribution in [0.3, 0.4) is 0 Å². The highest BCUT2D eigenvalue weighted by atomic mass is 32.1. The van der Waals surface area contributed by atoms with E-state index >= 15 is 0 Å². The summed E-state index contributed by atoms with van der Waals surface area (Å²) in [5, 5.41) is 7.68. The quantitative estimate of drug-likeness (QED) is 0.808. The molecule has 4 unspecified atom stereocenters. The summed E-state index contributed by atoms with van der Waals surface area (Å²) in [6.45, 7) is 4.47. The third-order valence-electron chi connectivity index (χ3n) is 5.44. The van der Waals surface area contributed by atoms with Crippen LogP contribution in [0.25, 0.3) is 0 Å². The molecular formula is C18H26N2S. The molecule has 2 nitrogen and oxygen atoms in total. The summed E-state index contributed by atoms with van der Waals surface area (Å²) in [4.78, 5) is 0. The Kier molecular flexibility index (Phi) is 4.48. The van der Waals surface area contributed by atoms with Crippen molar-refractivity contribution in [2.75, 3.05) is 5.32 Å². The second kappa shape index (κ2) is 6.35. The van der Waals surface area contributed by atoms with Gasteiger partial charge in [0.25, 0.3) is 0 Å². The van der Waals surface area contributed by atoms with Gasteiger partial charge in [0, 0.05) is 11.7 Å². The average Bonchev–Trinajstić information content (AvgIpc) is 3.10. The molecule has 1 aromatic rings. The van der Waals surface area contributed by atoms with Crippen molar-refractivity contribution >= 4 is 23.0 Å². The second-order valence-electron chi connectivity index (χ2n) is 6.74. The lowest BCUT2D eigenvalue weighted by atomic mass is 9.84. The maximum absolute atomic E-state index is 5.52. The molecule has 4 atom stereocenters. The smallest absolute Gasteiger partial charge is 0.171 e. The van der Waals surface area contributed by atoms with Crippen LogP contribution in [0.2, 0.25) is 0 Å². The SMILES string of the molecule is CCc1ccccc1NC(=S)NC(C)C1CC2CCC1C2. The van der Waals surface area contributed by atoms with Crippen LogP contribution in [0.4, 0.5) is 5.69 Å². The van der Waals surface area contributed by atoms with E-state index < -0.39 is 0 Å². The summed E-state index contributed by atoms with van der Waals surface area (Å²) in [6, 6.07) is 8.88. The molecule has 2 bridgehead atoms. The minimum atomic E-state index is 0.481. The molecule has 1 aromatic carbocycles. The minimum absolute atomic E-state index is 0.481. The van der Waals surface area contributed by atoms with Gasteiger partial charge in [0.1, 0.15) is 0 Å². The van der Waals surface area contributed by atoms with E-state index in [1.54, 1.807) is 0 Å². The summed E-state index contributed by atoms with van der Waals surface area (Å²) in [6.07, 6.45) is 6.76. The molecule has 2 aliphatic carbocycles. The summed E-state index contributed by atoms with van der Waals surface area (Å²) >= 11 is 5.52. The van der Waals surface area contributed by atoms with Gasteiger partial charge < -0.3 is 10.6 Å². The summed E-state index contributed by atoms with van der Waals surface area (Å²) < 4.78 is 0. The molecular weight excluding hydrogens is 276 g/mol. The van der Waals surface area contributed by atoms with Gasteiger partial charge in [-0.05, 0) is 74.2 Å². The van der Waals surface area contributed by atoms with Gasteiger partial charge in [-0.15, -0.1) is 0 Å². The molecule has 0 amide bonds. The van der Waals surface area contributed by atoms with Gasteiger partial charge in [-0.3, -0.25) is 0 Å². The second-order valence-corrected chi connectivity index (χ2v) is 7.14. The van der Waals surface area contributed by atoms with Crippen molar-refractivity contribution in [1.82, 2.24) is 5.32 Å². The zero-order valence-electron chi connectivity index (χ0n) is 13.1. The highest BCUT2D eigenvalue weighted by Crippen LogP contribution is 2.49. The Balaban J connectivity index is 1.56. The third-order valence-corrected chi connectivity index (χ3v) is 5.66. The van der Waals surface area contributed by atoms with Crippen LogP contribution in [0.15, 0.2) is 24.3 Å². The van der Waals surface area contributed by atoms with Crippen LogP contribution in [0, 0.1) is 17.8 Å². The van der Waals surface area contributed by atoms with E-state index in [9.17, 15) is 0 Å². The summed E-state index contributed by atoms with van der Waals surface area (Å²) in [7, 11) is 0. The molecule has 0 radical (unpaired) electrons. The van der Waals surface area contributed by atoms with Gasteiger partial charge in [0.15, 0.2) is 5.11 Å². The molecule has 0 spiro atoms. The molecule has 21 heavy (non-hydrogen) atoms. The maximum atomic E-state index is 5.52. The zero-order chi connectivity index (χ0) is 14.8.